The van der Waals surface area contributed by atoms with Crippen LogP contribution in [0, 0.1) is 25.5 Å². The smallest absolute Gasteiger partial charge is 0.254 e. The van der Waals surface area contributed by atoms with E-state index in [4.69, 9.17) is 9.47 Å². The quantitative estimate of drug-likeness (QED) is 0.0550. The Morgan fingerprint density at radius 3 is 1.54 bits per heavy atom. The van der Waals surface area contributed by atoms with Gasteiger partial charge in [0.2, 0.25) is 0 Å². The van der Waals surface area contributed by atoms with E-state index in [1.807, 2.05) is 76.2 Å². The molecule has 6 aliphatic rings. The summed E-state index contributed by atoms with van der Waals surface area (Å²) in [5.74, 6) is 0.378. The van der Waals surface area contributed by atoms with Crippen molar-refractivity contribution in [3.05, 3.63) is 220 Å². The van der Waals surface area contributed by atoms with Crippen LogP contribution in [-0.2, 0) is 40.3 Å². The summed E-state index contributed by atoms with van der Waals surface area (Å²) in [4.78, 5) is 71.0. The number of hydrogen-bond acceptors (Lipinski definition) is 19. The number of nitrogens with one attached hydrogen (secondary N) is 6. The maximum Gasteiger partial charge on any atom is 0.254 e. The number of alkyl halides is 1. The van der Waals surface area contributed by atoms with E-state index in [9.17, 15) is 42.9 Å². The van der Waals surface area contributed by atoms with Crippen LogP contribution in [0.1, 0.15) is 89.3 Å². The average molecular weight is 1380 g/mol. The van der Waals surface area contributed by atoms with Crippen molar-refractivity contribution in [2.45, 2.75) is 76.2 Å². The third-order valence-corrected chi connectivity index (χ3v) is 19.6. The minimum absolute atomic E-state index is 0.172. The first-order valence-corrected chi connectivity index (χ1v) is 33.2. The van der Waals surface area contributed by atoms with Crippen LogP contribution in [0.25, 0.3) is 50.8 Å². The van der Waals surface area contributed by atoms with Gasteiger partial charge in [-0.1, -0.05) is 30.3 Å². The van der Waals surface area contributed by atoms with Gasteiger partial charge in [-0.05, 0) is 103 Å². The van der Waals surface area contributed by atoms with Gasteiger partial charge in [-0.3, -0.25) is 32.6 Å². The van der Waals surface area contributed by atoms with Crippen molar-refractivity contribution < 1.29 is 52.3 Å². The number of anilines is 7. The van der Waals surface area contributed by atoms with Crippen molar-refractivity contribution in [3.8, 4) is 33.9 Å². The number of nitrogens with zero attached hydrogens (tertiary/aromatic N) is 11. The highest BCUT2D eigenvalue weighted by Crippen LogP contribution is 2.41. The number of aliphatic hydroxyl groups is 3. The van der Waals surface area contributed by atoms with Crippen LogP contribution in [0.15, 0.2) is 153 Å². The number of pyridine rings is 7. The molecule has 0 unspecified atom stereocenters. The Hall–Kier alpha value is -11.7. The molecule has 9 N–H and O–H groups in total. The molecule has 10 aromatic heterocycles. The zero-order chi connectivity index (χ0) is 70.1. The fourth-order valence-electron chi connectivity index (χ4n) is 13.9. The molecule has 0 bridgehead atoms. The van der Waals surface area contributed by atoms with Gasteiger partial charge in [0.05, 0.1) is 106 Å². The summed E-state index contributed by atoms with van der Waals surface area (Å²) in [5.41, 5.74) is 12.9. The zero-order valence-corrected chi connectivity index (χ0v) is 55.0. The van der Waals surface area contributed by atoms with Gasteiger partial charge in [-0.15, -0.1) is 0 Å². The number of ether oxygens (including phenoxy) is 2. The molecule has 12 aromatic rings. The molecule has 0 radical (unpaired) electrons. The van der Waals surface area contributed by atoms with Crippen LogP contribution in [0.5, 0.6) is 0 Å². The maximum atomic E-state index is 14.5. The van der Waals surface area contributed by atoms with E-state index in [1.165, 1.54) is 0 Å². The lowest BCUT2D eigenvalue weighted by Gasteiger charge is -2.33. The van der Waals surface area contributed by atoms with Gasteiger partial charge in [0, 0.05) is 118 Å². The molecule has 18 rings (SSSR count). The number of aliphatic hydroxyl groups excluding tert-OH is 1. The number of aromatic nitrogens is 10. The first-order chi connectivity index (χ1) is 49.5. The molecule has 0 saturated carbocycles. The van der Waals surface area contributed by atoms with Crippen LogP contribution in [0.4, 0.5) is 53.4 Å². The van der Waals surface area contributed by atoms with Gasteiger partial charge in [-0.25, -0.2) is 43.1 Å². The van der Waals surface area contributed by atoms with Crippen LogP contribution in [0.3, 0.4) is 0 Å². The number of amides is 3. The maximum absolute atomic E-state index is 14.5. The van der Waals surface area contributed by atoms with E-state index in [0.717, 1.165) is 44.8 Å². The summed E-state index contributed by atoms with van der Waals surface area (Å²) >= 11 is 0. The van der Waals surface area contributed by atoms with Gasteiger partial charge in [-0.2, -0.15) is 0 Å². The molecule has 0 aliphatic carbocycles. The number of benzene rings is 2. The Balaban J connectivity index is 0.000000118. The van der Waals surface area contributed by atoms with Crippen molar-refractivity contribution in [3.63, 3.8) is 0 Å². The lowest BCUT2D eigenvalue weighted by atomic mass is 9.95. The van der Waals surface area contributed by atoms with Crippen molar-refractivity contribution in [1.29, 1.82) is 0 Å². The fraction of sp³-hybridized carbons (Fsp3) is 0.243. The van der Waals surface area contributed by atoms with Crippen LogP contribution in [-0.4, -0.2) is 133 Å². The number of imidazole rings is 3. The highest BCUT2D eigenvalue weighted by atomic mass is 19.1. The molecule has 25 nitrogen and oxygen atoms in total. The standard InChI is InChI=1S/2C25H22FN5O3.C24H22FN7O2/c2*1-14-6-8-31-19(12-28-23(31)22(14)26)16-3-4-18(21-17(16)11-29-24(21)32)30-20-5-2-15(10-27-20)25(33)7-9-34-13-25;25-16-6-8-31(13-19(16)33)14-4-5-20(26-9-14)30-17-11-28-23(15-10-29-24(34)22(15)17)18-12-27-21-3-1-2-7-32(18)21/h2*2-6,8,10,12,33H,7,9,11,13H2,1H3,(H,27,30)(H,29,32);1-5,7,9,11-12,16,19,33H,6,8,10,13H2,(H,26,30)(H,29,34)/t2*25-;16-,19-/m101/s1. The fourth-order valence-corrected chi connectivity index (χ4v) is 13.9. The molecule has 3 fully saturated rings. The van der Waals surface area contributed by atoms with Gasteiger partial charge >= 0.3 is 0 Å². The molecule has 6 aliphatic heterocycles. The second-order valence-electron chi connectivity index (χ2n) is 25.9. The van der Waals surface area contributed by atoms with E-state index >= 15 is 0 Å². The number of hydrogen-bond donors (Lipinski definition) is 9. The van der Waals surface area contributed by atoms with Crippen molar-refractivity contribution in [2.24, 2.45) is 0 Å². The van der Waals surface area contributed by atoms with E-state index in [0.29, 0.717) is 143 Å². The van der Waals surface area contributed by atoms with Gasteiger partial charge in [0.15, 0.2) is 22.9 Å². The second kappa shape index (κ2) is 26.1. The lowest BCUT2D eigenvalue weighted by Crippen LogP contribution is -2.45. The summed E-state index contributed by atoms with van der Waals surface area (Å²) in [6, 6.07) is 27.4. The first-order valence-electron chi connectivity index (χ1n) is 33.2. The molecule has 3 saturated heterocycles. The minimum atomic E-state index is -1.19. The van der Waals surface area contributed by atoms with Crippen molar-refractivity contribution in [2.75, 3.05) is 60.4 Å². The Morgan fingerprint density at radius 2 is 1.04 bits per heavy atom. The summed E-state index contributed by atoms with van der Waals surface area (Å²) in [6.45, 7) is 6.80. The monoisotopic (exact) mass is 1380 g/mol. The molecule has 4 atom stereocenters. The average Bonchev–Trinajstić information content (AvgIpc) is 1.60. The molecular formula is C74H66F3N17O8. The Labute approximate surface area is 579 Å². The van der Waals surface area contributed by atoms with E-state index < -0.39 is 23.5 Å². The molecule has 102 heavy (non-hydrogen) atoms. The number of carbonyl (C=O) groups excluding carboxylic acids is 3. The molecule has 2 aromatic carbocycles. The number of carbonyl (C=O) groups is 3. The van der Waals surface area contributed by atoms with E-state index in [1.54, 1.807) is 109 Å². The highest BCUT2D eigenvalue weighted by molar-refractivity contribution is 6.08. The first kappa shape index (κ1) is 65.0. The molecule has 28 heteroatoms. The van der Waals surface area contributed by atoms with Crippen LogP contribution >= 0.6 is 0 Å². The predicted molar refractivity (Wildman–Crippen MR) is 372 cm³/mol. The zero-order valence-electron chi connectivity index (χ0n) is 55.0. The van der Waals surface area contributed by atoms with E-state index in [2.05, 4.69) is 66.8 Å². The highest BCUT2D eigenvalue weighted by Gasteiger charge is 2.37. The van der Waals surface area contributed by atoms with Crippen LogP contribution < -0.4 is 36.8 Å². The molecule has 516 valence electrons. The number of piperidine rings is 1. The van der Waals surface area contributed by atoms with E-state index in [-0.39, 0.29) is 66.8 Å². The minimum Gasteiger partial charge on any atom is -0.388 e. The largest absolute Gasteiger partial charge is 0.388 e. The number of aryl methyl sites for hydroxylation is 2. The Morgan fingerprint density at radius 1 is 0.529 bits per heavy atom. The molecule has 0 spiro atoms. The predicted octanol–water partition coefficient (Wildman–Crippen LogP) is 9.56. The summed E-state index contributed by atoms with van der Waals surface area (Å²) in [7, 11) is 0. The van der Waals surface area contributed by atoms with Crippen molar-refractivity contribution in [1.82, 2.24) is 64.0 Å². The molecule has 3 amide bonds. The number of β-amino-alcohol motifs (C(OH)–C–C–N with tert-alkyl or cyclic N) is 1. The molecule has 16 heterocycles. The SMILES string of the molecule is Cc1ccn2c(-c3ccc(Nc4ccc([C@@]5(O)CCOC5)cn4)c4c3CNC4=O)cnc2c1F.Cc1ccn2c(-c3ccc(Nc4ccc([C@]5(O)CCOC5)cn4)c4c3CNC4=O)cnc2c1F.O=C1NCc2c(-c3cnc4ccccn34)ncc(Nc3ccc(N4CC[C@@H](F)[C@H](O)C4)cn3)c21. The number of halogens is 3. The third kappa shape index (κ3) is 11.8. The molecular weight excluding hydrogens is 1310 g/mol. The van der Waals surface area contributed by atoms with Crippen molar-refractivity contribution >= 4 is 74.9 Å². The summed E-state index contributed by atoms with van der Waals surface area (Å²) in [5, 5.41) is 49.5. The summed E-state index contributed by atoms with van der Waals surface area (Å²) in [6.07, 6.45) is 16.2. The lowest BCUT2D eigenvalue weighted by molar-refractivity contribution is 0.0227. The normalized spacial score (nSPS) is 19.6. The number of fused-ring (bicyclic) bond motifs is 6. The Kier molecular flexibility index (Phi) is 16.6. The van der Waals surface area contributed by atoms with Gasteiger partial charge in [0.1, 0.15) is 46.6 Å². The number of rotatable bonds is 12. The van der Waals surface area contributed by atoms with Gasteiger partial charge in [0.25, 0.3) is 17.7 Å². The summed E-state index contributed by atoms with van der Waals surface area (Å²) < 4.78 is 58.6. The Bertz CT molecular complexity index is 5090. The van der Waals surface area contributed by atoms with Gasteiger partial charge < -0.3 is 61.6 Å². The van der Waals surface area contributed by atoms with Crippen LogP contribution in [0.2, 0.25) is 0 Å². The third-order valence-electron chi connectivity index (χ3n) is 19.6. The topological polar surface area (TPSA) is 309 Å². The second-order valence-corrected chi connectivity index (χ2v) is 25.9.